The summed E-state index contributed by atoms with van der Waals surface area (Å²) in [5.41, 5.74) is 2.10. The zero-order valence-electron chi connectivity index (χ0n) is 15.9. The molecule has 4 rings (SSSR count). The Bertz CT molecular complexity index is 973. The van der Waals surface area contributed by atoms with Gasteiger partial charge in [0, 0.05) is 17.7 Å². The lowest BCUT2D eigenvalue weighted by atomic mass is 10.0. The van der Waals surface area contributed by atoms with E-state index in [2.05, 4.69) is 9.88 Å². The molecule has 0 N–H and O–H groups in total. The van der Waals surface area contributed by atoms with Crippen molar-refractivity contribution in [3.63, 3.8) is 0 Å². The van der Waals surface area contributed by atoms with Crippen LogP contribution in [-0.2, 0) is 6.54 Å². The highest BCUT2D eigenvalue weighted by atomic mass is 19.3. The van der Waals surface area contributed by atoms with Crippen LogP contribution in [0.5, 0.6) is 11.5 Å². The van der Waals surface area contributed by atoms with Gasteiger partial charge in [-0.3, -0.25) is 9.47 Å². The van der Waals surface area contributed by atoms with Gasteiger partial charge in [0.15, 0.2) is 0 Å². The van der Waals surface area contributed by atoms with E-state index < -0.39 is 6.55 Å². The molecule has 5 nitrogen and oxygen atoms in total. The molecule has 1 aliphatic heterocycles. The molecule has 0 aliphatic carbocycles. The third-order valence-corrected chi connectivity index (χ3v) is 5.37. The number of nitrogens with zero attached hydrogens (tertiary/aromatic N) is 3. The van der Waals surface area contributed by atoms with Crippen LogP contribution < -0.4 is 9.47 Å². The molecule has 0 bridgehead atoms. The standard InChI is InChI=1S/C21H23F2N3O2/c1-27-14-9-10-15(19(12-14)28-2)17-8-5-11-25(17)13-20-24-16-6-3-4-7-18(16)26(20)21(22)23/h3-4,6-7,9-10,12,17,21H,5,8,11,13H2,1-2H3/t17-/m0/s1. The molecule has 1 aliphatic rings. The quantitative estimate of drug-likeness (QED) is 0.610. The summed E-state index contributed by atoms with van der Waals surface area (Å²) < 4.78 is 39.4. The number of methoxy groups -OCH3 is 2. The van der Waals surface area contributed by atoms with Crippen molar-refractivity contribution in [3.8, 4) is 11.5 Å². The maximum absolute atomic E-state index is 13.8. The van der Waals surface area contributed by atoms with E-state index in [0.29, 0.717) is 23.4 Å². The number of hydrogen-bond acceptors (Lipinski definition) is 4. The van der Waals surface area contributed by atoms with E-state index in [0.717, 1.165) is 41.0 Å². The van der Waals surface area contributed by atoms with E-state index in [1.165, 1.54) is 0 Å². The number of halogens is 2. The third-order valence-electron chi connectivity index (χ3n) is 5.37. The fraction of sp³-hybridized carbons (Fsp3) is 0.381. The number of ether oxygens (including phenoxy) is 2. The number of likely N-dealkylation sites (tertiary alicyclic amines) is 1. The highest BCUT2D eigenvalue weighted by molar-refractivity contribution is 5.76. The van der Waals surface area contributed by atoms with Gasteiger partial charge in [-0.05, 0) is 37.6 Å². The second-order valence-electron chi connectivity index (χ2n) is 6.90. The number of para-hydroxylation sites is 2. The first-order chi connectivity index (χ1) is 13.6. The van der Waals surface area contributed by atoms with E-state index in [4.69, 9.17) is 9.47 Å². The monoisotopic (exact) mass is 387 g/mol. The van der Waals surface area contributed by atoms with Crippen LogP contribution >= 0.6 is 0 Å². The van der Waals surface area contributed by atoms with Crippen molar-refractivity contribution in [2.24, 2.45) is 0 Å². The predicted octanol–water partition coefficient (Wildman–Crippen LogP) is 4.79. The Morgan fingerprint density at radius 3 is 2.71 bits per heavy atom. The molecule has 0 saturated carbocycles. The van der Waals surface area contributed by atoms with Crippen molar-refractivity contribution in [1.82, 2.24) is 14.5 Å². The zero-order valence-corrected chi connectivity index (χ0v) is 15.9. The number of alkyl halides is 2. The minimum atomic E-state index is -2.63. The average molecular weight is 387 g/mol. The van der Waals surface area contributed by atoms with Crippen molar-refractivity contribution in [1.29, 1.82) is 0 Å². The Balaban J connectivity index is 1.67. The minimum absolute atomic E-state index is 0.0896. The largest absolute Gasteiger partial charge is 0.497 e. The van der Waals surface area contributed by atoms with E-state index in [1.807, 2.05) is 24.3 Å². The lowest BCUT2D eigenvalue weighted by molar-refractivity contribution is 0.0678. The molecule has 0 amide bonds. The van der Waals surface area contributed by atoms with Crippen LogP contribution in [0, 0.1) is 0 Å². The molecule has 28 heavy (non-hydrogen) atoms. The number of rotatable bonds is 6. The smallest absolute Gasteiger partial charge is 0.320 e. The molecular formula is C21H23F2N3O2. The van der Waals surface area contributed by atoms with Gasteiger partial charge in [0.2, 0.25) is 0 Å². The van der Waals surface area contributed by atoms with Crippen molar-refractivity contribution in [2.45, 2.75) is 32.0 Å². The first kappa shape index (κ1) is 18.7. The Morgan fingerprint density at radius 2 is 1.96 bits per heavy atom. The number of fused-ring (bicyclic) bond motifs is 1. The molecule has 2 heterocycles. The van der Waals surface area contributed by atoms with Crippen LogP contribution in [0.3, 0.4) is 0 Å². The normalized spacial score (nSPS) is 17.5. The summed E-state index contributed by atoms with van der Waals surface area (Å²) in [5, 5.41) is 0. The van der Waals surface area contributed by atoms with Crippen LogP contribution in [-0.4, -0.2) is 35.2 Å². The van der Waals surface area contributed by atoms with Gasteiger partial charge >= 0.3 is 6.55 Å². The lowest BCUT2D eigenvalue weighted by Gasteiger charge is -2.26. The Morgan fingerprint density at radius 1 is 1.14 bits per heavy atom. The lowest BCUT2D eigenvalue weighted by Crippen LogP contribution is -2.25. The maximum atomic E-state index is 13.8. The molecule has 1 saturated heterocycles. The molecule has 0 radical (unpaired) electrons. The average Bonchev–Trinajstić information content (AvgIpc) is 3.31. The van der Waals surface area contributed by atoms with E-state index in [-0.39, 0.29) is 6.04 Å². The van der Waals surface area contributed by atoms with E-state index in [9.17, 15) is 8.78 Å². The first-order valence-corrected chi connectivity index (χ1v) is 9.32. The van der Waals surface area contributed by atoms with Crippen LogP contribution in [0.25, 0.3) is 11.0 Å². The van der Waals surface area contributed by atoms with Crippen LogP contribution in [0.1, 0.15) is 36.8 Å². The highest BCUT2D eigenvalue weighted by Gasteiger charge is 2.30. The van der Waals surface area contributed by atoms with Crippen LogP contribution in [0.2, 0.25) is 0 Å². The van der Waals surface area contributed by atoms with Gasteiger partial charge in [0.25, 0.3) is 0 Å². The van der Waals surface area contributed by atoms with Crippen LogP contribution in [0.4, 0.5) is 8.78 Å². The summed E-state index contributed by atoms with van der Waals surface area (Å²) in [7, 11) is 3.25. The van der Waals surface area contributed by atoms with E-state index in [1.54, 1.807) is 32.4 Å². The van der Waals surface area contributed by atoms with Gasteiger partial charge in [0.1, 0.15) is 17.3 Å². The molecular weight excluding hydrogens is 364 g/mol. The summed E-state index contributed by atoms with van der Waals surface area (Å²) >= 11 is 0. The fourth-order valence-corrected chi connectivity index (χ4v) is 4.07. The number of imidazole rings is 1. The van der Waals surface area contributed by atoms with Gasteiger partial charge < -0.3 is 9.47 Å². The Kier molecular flexibility index (Phi) is 5.17. The molecule has 1 aromatic heterocycles. The second-order valence-corrected chi connectivity index (χ2v) is 6.90. The number of benzene rings is 2. The van der Waals surface area contributed by atoms with Gasteiger partial charge in [-0.2, -0.15) is 8.78 Å². The Labute approximate surface area is 162 Å². The van der Waals surface area contributed by atoms with Crippen molar-refractivity contribution < 1.29 is 18.3 Å². The summed E-state index contributed by atoms with van der Waals surface area (Å²) in [6.07, 6.45) is 1.94. The topological polar surface area (TPSA) is 39.5 Å². The summed E-state index contributed by atoms with van der Waals surface area (Å²) in [6, 6.07) is 12.9. The first-order valence-electron chi connectivity index (χ1n) is 9.32. The fourth-order valence-electron chi connectivity index (χ4n) is 4.07. The molecule has 0 unspecified atom stereocenters. The van der Waals surface area contributed by atoms with Gasteiger partial charge in [-0.25, -0.2) is 4.98 Å². The molecule has 7 heteroatoms. The maximum Gasteiger partial charge on any atom is 0.320 e. The molecule has 3 aromatic rings. The van der Waals surface area contributed by atoms with Gasteiger partial charge in [-0.15, -0.1) is 0 Å². The highest BCUT2D eigenvalue weighted by Crippen LogP contribution is 2.39. The van der Waals surface area contributed by atoms with Crippen LogP contribution in [0.15, 0.2) is 42.5 Å². The number of hydrogen-bond donors (Lipinski definition) is 0. The molecule has 1 atom stereocenters. The summed E-state index contributed by atoms with van der Waals surface area (Å²) in [5.74, 6) is 1.86. The molecule has 1 fully saturated rings. The minimum Gasteiger partial charge on any atom is -0.497 e. The third kappa shape index (κ3) is 3.30. The van der Waals surface area contributed by atoms with Gasteiger partial charge in [-0.1, -0.05) is 18.2 Å². The predicted molar refractivity (Wildman–Crippen MR) is 103 cm³/mol. The van der Waals surface area contributed by atoms with E-state index >= 15 is 0 Å². The zero-order chi connectivity index (χ0) is 19.7. The van der Waals surface area contributed by atoms with Gasteiger partial charge in [0.05, 0.1) is 31.8 Å². The SMILES string of the molecule is COc1ccc([C@@H]2CCCN2Cc2nc3ccccc3n2C(F)F)c(OC)c1. The number of aromatic nitrogens is 2. The summed E-state index contributed by atoms with van der Waals surface area (Å²) in [4.78, 5) is 6.68. The molecule has 2 aromatic carbocycles. The van der Waals surface area contributed by atoms with Crippen molar-refractivity contribution in [3.05, 3.63) is 53.9 Å². The Hall–Kier alpha value is -2.67. The molecule has 148 valence electrons. The molecule has 0 spiro atoms. The van der Waals surface area contributed by atoms with Crippen molar-refractivity contribution >= 4 is 11.0 Å². The summed E-state index contributed by atoms with van der Waals surface area (Å²) in [6.45, 7) is -1.44. The van der Waals surface area contributed by atoms with Crippen molar-refractivity contribution in [2.75, 3.05) is 20.8 Å². The second kappa shape index (κ2) is 7.75.